The minimum atomic E-state index is -3.14. The number of para-hydroxylation sites is 1. The van der Waals surface area contributed by atoms with Gasteiger partial charge in [-0.1, -0.05) is 25.1 Å². The topological polar surface area (TPSA) is 55.4 Å². The third-order valence-electron chi connectivity index (χ3n) is 3.38. The second-order valence-corrected chi connectivity index (χ2v) is 8.07. The van der Waals surface area contributed by atoms with Crippen molar-refractivity contribution in [2.75, 3.05) is 12.8 Å². The van der Waals surface area contributed by atoms with Crippen molar-refractivity contribution in [1.82, 2.24) is 5.32 Å². The number of nitrogens with one attached hydrogen (secondary N) is 1. The summed E-state index contributed by atoms with van der Waals surface area (Å²) in [4.78, 5) is 0. The van der Waals surface area contributed by atoms with E-state index in [0.29, 0.717) is 0 Å². The van der Waals surface area contributed by atoms with E-state index in [-0.39, 0.29) is 12.1 Å². The molecule has 5 heteroatoms. The van der Waals surface area contributed by atoms with Crippen molar-refractivity contribution in [3.05, 3.63) is 29.8 Å². The van der Waals surface area contributed by atoms with Crippen LogP contribution < -0.4 is 10.1 Å². The van der Waals surface area contributed by atoms with E-state index in [4.69, 9.17) is 4.74 Å². The standard InChI is InChI=1S/C16H27NO3S/c1-6-11-17-16(13(4)21(5,18)19)14-9-7-8-10-15(14)20-12(2)3/h7-10,12-13,16-17H,6,11H2,1-5H3. The summed E-state index contributed by atoms with van der Waals surface area (Å²) in [7, 11) is -3.14. The lowest BCUT2D eigenvalue weighted by Crippen LogP contribution is -2.35. The summed E-state index contributed by atoms with van der Waals surface area (Å²) in [6.07, 6.45) is 2.27. The molecule has 0 aliphatic heterocycles. The highest BCUT2D eigenvalue weighted by Gasteiger charge is 2.29. The predicted octanol–water partition coefficient (Wildman–Crippen LogP) is 2.95. The quantitative estimate of drug-likeness (QED) is 0.801. The summed E-state index contributed by atoms with van der Waals surface area (Å²) in [5.41, 5.74) is 0.901. The highest BCUT2D eigenvalue weighted by atomic mass is 32.2. The van der Waals surface area contributed by atoms with Crippen molar-refractivity contribution in [2.24, 2.45) is 0 Å². The Balaban J connectivity index is 3.19. The largest absolute Gasteiger partial charge is 0.491 e. The molecule has 0 fully saturated rings. The number of hydrogen-bond donors (Lipinski definition) is 1. The van der Waals surface area contributed by atoms with Gasteiger partial charge in [-0.2, -0.15) is 0 Å². The molecule has 0 radical (unpaired) electrons. The maximum absolute atomic E-state index is 12.0. The van der Waals surface area contributed by atoms with Crippen LogP contribution >= 0.6 is 0 Å². The summed E-state index contributed by atoms with van der Waals surface area (Å²) < 4.78 is 29.8. The molecule has 0 bridgehead atoms. The van der Waals surface area contributed by atoms with Crippen LogP contribution in [-0.2, 0) is 9.84 Å². The van der Waals surface area contributed by atoms with E-state index in [1.54, 1.807) is 6.92 Å². The minimum absolute atomic E-state index is 0.0477. The van der Waals surface area contributed by atoms with Gasteiger partial charge >= 0.3 is 0 Å². The van der Waals surface area contributed by atoms with Gasteiger partial charge in [0.15, 0.2) is 9.84 Å². The molecule has 1 aromatic rings. The van der Waals surface area contributed by atoms with Crippen molar-refractivity contribution < 1.29 is 13.2 Å². The second kappa shape index (κ2) is 7.80. The van der Waals surface area contributed by atoms with Crippen LogP contribution in [-0.4, -0.2) is 32.6 Å². The fourth-order valence-corrected chi connectivity index (χ4v) is 2.91. The number of benzene rings is 1. The molecule has 2 unspecified atom stereocenters. The van der Waals surface area contributed by atoms with Crippen LogP contribution in [0.4, 0.5) is 0 Å². The zero-order chi connectivity index (χ0) is 16.0. The first-order chi connectivity index (χ1) is 9.77. The van der Waals surface area contributed by atoms with Crippen LogP contribution in [0.2, 0.25) is 0 Å². The second-order valence-electron chi connectivity index (χ2n) is 5.67. The van der Waals surface area contributed by atoms with Gasteiger partial charge in [-0.3, -0.25) is 0 Å². The van der Waals surface area contributed by atoms with Gasteiger partial charge in [-0.05, 0) is 39.8 Å². The smallest absolute Gasteiger partial charge is 0.151 e. The summed E-state index contributed by atoms with van der Waals surface area (Å²) in [6.45, 7) is 8.50. The van der Waals surface area contributed by atoms with Gasteiger partial charge in [0.2, 0.25) is 0 Å². The molecule has 21 heavy (non-hydrogen) atoms. The average Bonchev–Trinajstić information content (AvgIpc) is 2.39. The fraction of sp³-hybridized carbons (Fsp3) is 0.625. The van der Waals surface area contributed by atoms with Crippen LogP contribution in [0.25, 0.3) is 0 Å². The van der Waals surface area contributed by atoms with Crippen molar-refractivity contribution >= 4 is 9.84 Å². The molecule has 2 atom stereocenters. The van der Waals surface area contributed by atoms with Gasteiger partial charge in [0.05, 0.1) is 17.4 Å². The van der Waals surface area contributed by atoms with Gasteiger partial charge < -0.3 is 10.1 Å². The lowest BCUT2D eigenvalue weighted by molar-refractivity contribution is 0.237. The average molecular weight is 313 g/mol. The molecule has 0 saturated carbocycles. The molecule has 1 N–H and O–H groups in total. The maximum atomic E-state index is 12.0. The molecule has 0 spiro atoms. The van der Waals surface area contributed by atoms with E-state index in [1.165, 1.54) is 6.26 Å². The van der Waals surface area contributed by atoms with E-state index in [1.807, 2.05) is 38.1 Å². The normalized spacial score (nSPS) is 15.0. The van der Waals surface area contributed by atoms with E-state index >= 15 is 0 Å². The Morgan fingerprint density at radius 2 is 1.81 bits per heavy atom. The highest BCUT2D eigenvalue weighted by molar-refractivity contribution is 7.91. The lowest BCUT2D eigenvalue weighted by atomic mass is 10.0. The first-order valence-electron chi connectivity index (χ1n) is 7.45. The molecule has 1 rings (SSSR count). The van der Waals surface area contributed by atoms with Gasteiger partial charge in [0, 0.05) is 11.8 Å². The van der Waals surface area contributed by atoms with Crippen LogP contribution in [0.5, 0.6) is 5.75 Å². The zero-order valence-corrected chi connectivity index (χ0v) is 14.4. The number of ether oxygens (including phenoxy) is 1. The third-order valence-corrected chi connectivity index (χ3v) is 5.00. The Bertz CT molecular complexity index is 540. The molecular formula is C16H27NO3S. The molecule has 0 heterocycles. The van der Waals surface area contributed by atoms with Gasteiger partial charge in [0.1, 0.15) is 5.75 Å². The summed E-state index contributed by atoms with van der Waals surface area (Å²) in [5.74, 6) is 0.747. The monoisotopic (exact) mass is 313 g/mol. The lowest BCUT2D eigenvalue weighted by Gasteiger charge is -2.27. The number of hydrogen-bond acceptors (Lipinski definition) is 4. The SMILES string of the molecule is CCCNC(c1ccccc1OC(C)C)C(C)S(C)(=O)=O. The summed E-state index contributed by atoms with van der Waals surface area (Å²) >= 11 is 0. The van der Waals surface area contributed by atoms with Crippen molar-refractivity contribution in [3.63, 3.8) is 0 Å². The molecule has 120 valence electrons. The Labute approximate surface area is 128 Å². The van der Waals surface area contributed by atoms with Crippen molar-refractivity contribution in [2.45, 2.75) is 51.5 Å². The molecule has 4 nitrogen and oxygen atoms in total. The van der Waals surface area contributed by atoms with E-state index in [0.717, 1.165) is 24.3 Å². The Morgan fingerprint density at radius 3 is 2.33 bits per heavy atom. The van der Waals surface area contributed by atoms with Gasteiger partial charge in [0.25, 0.3) is 0 Å². The van der Waals surface area contributed by atoms with Crippen LogP contribution in [0, 0.1) is 0 Å². The molecular weight excluding hydrogens is 286 g/mol. The van der Waals surface area contributed by atoms with Crippen molar-refractivity contribution in [3.8, 4) is 5.75 Å². The van der Waals surface area contributed by atoms with Gasteiger partial charge in [-0.25, -0.2) is 8.42 Å². The Kier molecular flexibility index (Phi) is 6.68. The summed E-state index contributed by atoms with van der Waals surface area (Å²) in [6, 6.07) is 7.38. The Morgan fingerprint density at radius 1 is 1.19 bits per heavy atom. The zero-order valence-electron chi connectivity index (χ0n) is 13.6. The van der Waals surface area contributed by atoms with E-state index in [2.05, 4.69) is 12.2 Å². The maximum Gasteiger partial charge on any atom is 0.151 e. The molecule has 0 saturated heterocycles. The highest BCUT2D eigenvalue weighted by Crippen LogP contribution is 2.30. The molecule has 0 aliphatic carbocycles. The first kappa shape index (κ1) is 18.0. The predicted molar refractivity (Wildman–Crippen MR) is 87.5 cm³/mol. The summed E-state index contributed by atoms with van der Waals surface area (Å²) in [5, 5.41) is 2.83. The van der Waals surface area contributed by atoms with Crippen LogP contribution in [0.3, 0.4) is 0 Å². The van der Waals surface area contributed by atoms with E-state index < -0.39 is 15.1 Å². The molecule has 0 aliphatic rings. The minimum Gasteiger partial charge on any atom is -0.491 e. The first-order valence-corrected chi connectivity index (χ1v) is 9.40. The fourth-order valence-electron chi connectivity index (χ4n) is 2.17. The molecule has 0 aromatic heterocycles. The molecule has 1 aromatic carbocycles. The Hall–Kier alpha value is -1.07. The third kappa shape index (κ3) is 5.32. The van der Waals surface area contributed by atoms with Gasteiger partial charge in [-0.15, -0.1) is 0 Å². The molecule has 0 amide bonds. The number of sulfone groups is 1. The number of rotatable bonds is 8. The van der Waals surface area contributed by atoms with E-state index in [9.17, 15) is 8.42 Å². The van der Waals surface area contributed by atoms with Crippen molar-refractivity contribution in [1.29, 1.82) is 0 Å². The van der Waals surface area contributed by atoms with Crippen LogP contribution in [0.1, 0.15) is 45.7 Å². The van der Waals surface area contributed by atoms with Crippen LogP contribution in [0.15, 0.2) is 24.3 Å².